The number of carbonyl (C=O) groups is 1. The summed E-state index contributed by atoms with van der Waals surface area (Å²) in [7, 11) is 0. The zero-order chi connectivity index (χ0) is 21.8. The van der Waals surface area contributed by atoms with Crippen molar-refractivity contribution in [3.8, 4) is 11.8 Å². The highest BCUT2D eigenvalue weighted by Crippen LogP contribution is 2.40. The Balaban J connectivity index is 1.89. The molecule has 3 rings (SSSR count). The molecule has 7 nitrogen and oxygen atoms in total. The van der Waals surface area contributed by atoms with E-state index in [0.29, 0.717) is 11.5 Å². The van der Waals surface area contributed by atoms with Crippen LogP contribution < -0.4 is 10.5 Å². The Morgan fingerprint density at radius 2 is 2.13 bits per heavy atom. The summed E-state index contributed by atoms with van der Waals surface area (Å²) < 4.78 is 35.0. The summed E-state index contributed by atoms with van der Waals surface area (Å²) in [4.78, 5) is 12.5. The molecule has 1 aromatic heterocycles. The first-order valence-corrected chi connectivity index (χ1v) is 9.35. The van der Waals surface area contributed by atoms with Crippen molar-refractivity contribution in [1.29, 1.82) is 5.26 Å². The van der Waals surface area contributed by atoms with E-state index in [1.807, 2.05) is 6.07 Å². The van der Waals surface area contributed by atoms with Crippen LogP contribution in [0.4, 0.5) is 4.39 Å². The van der Waals surface area contributed by atoms with Crippen molar-refractivity contribution in [2.45, 2.75) is 26.4 Å². The van der Waals surface area contributed by atoms with Gasteiger partial charge in [0.05, 0.1) is 23.1 Å². The summed E-state index contributed by atoms with van der Waals surface area (Å²) in [5.41, 5.74) is 6.02. The Labute approximate surface area is 177 Å². The van der Waals surface area contributed by atoms with Crippen LogP contribution in [0.2, 0.25) is 5.02 Å². The summed E-state index contributed by atoms with van der Waals surface area (Å²) in [6.45, 7) is 3.38. The molecule has 2 aromatic rings. The average Bonchev–Trinajstić information content (AvgIpc) is 3.15. The van der Waals surface area contributed by atoms with E-state index in [0.717, 1.165) is 6.07 Å². The largest absolute Gasteiger partial charge is 0.484 e. The van der Waals surface area contributed by atoms with E-state index in [9.17, 15) is 14.4 Å². The van der Waals surface area contributed by atoms with Gasteiger partial charge in [0.15, 0.2) is 0 Å². The molecule has 2 N–H and O–H groups in total. The first kappa shape index (κ1) is 21.3. The average molecular weight is 433 g/mol. The fourth-order valence-electron chi connectivity index (χ4n) is 3.01. The Hall–Kier alpha value is -3.44. The molecule has 1 atom stereocenters. The van der Waals surface area contributed by atoms with Gasteiger partial charge in [-0.3, -0.25) is 0 Å². The molecule has 30 heavy (non-hydrogen) atoms. The predicted octanol–water partition coefficient (Wildman–Crippen LogP) is 4.30. The molecule has 0 bridgehead atoms. The van der Waals surface area contributed by atoms with Crippen molar-refractivity contribution in [1.82, 2.24) is 0 Å². The van der Waals surface area contributed by atoms with Crippen molar-refractivity contribution in [2.24, 2.45) is 5.73 Å². The van der Waals surface area contributed by atoms with Crippen LogP contribution in [0.5, 0.6) is 5.75 Å². The normalized spacial score (nSPS) is 16.2. The molecular weight excluding hydrogens is 415 g/mol. The van der Waals surface area contributed by atoms with Crippen LogP contribution in [0, 0.1) is 17.1 Å². The molecule has 156 valence electrons. The Morgan fingerprint density at radius 3 is 2.80 bits per heavy atom. The highest BCUT2D eigenvalue weighted by Gasteiger charge is 2.38. The van der Waals surface area contributed by atoms with Crippen LogP contribution in [-0.4, -0.2) is 12.6 Å². The molecule has 0 amide bonds. The molecule has 0 radical (unpaired) electrons. The number of carbonyl (C=O) groups excluding carboxylic acids is 1. The van der Waals surface area contributed by atoms with Gasteiger partial charge in [0.25, 0.3) is 0 Å². The van der Waals surface area contributed by atoms with Crippen LogP contribution in [-0.2, 0) is 20.9 Å². The fraction of sp³-hybridized carbons (Fsp3) is 0.238. The van der Waals surface area contributed by atoms with E-state index in [1.54, 1.807) is 26.0 Å². The molecule has 9 heteroatoms. The molecule has 0 saturated carbocycles. The SMILES string of the molecule is CCOC(=O)C1=C(C)OC(N)=C(C#N)C1c1ccc(COc2ccc(F)cc2Cl)o1. The van der Waals surface area contributed by atoms with E-state index in [1.165, 1.54) is 12.1 Å². The second-order valence-electron chi connectivity index (χ2n) is 6.28. The zero-order valence-electron chi connectivity index (χ0n) is 16.2. The van der Waals surface area contributed by atoms with Gasteiger partial charge in [0.2, 0.25) is 5.88 Å². The molecular formula is C21H18ClFN2O5. The van der Waals surface area contributed by atoms with Crippen molar-refractivity contribution in [3.05, 3.63) is 75.5 Å². The van der Waals surface area contributed by atoms with Crippen molar-refractivity contribution in [2.75, 3.05) is 6.61 Å². The van der Waals surface area contributed by atoms with Gasteiger partial charge in [-0.2, -0.15) is 5.26 Å². The van der Waals surface area contributed by atoms with Crippen molar-refractivity contribution < 1.29 is 27.8 Å². The summed E-state index contributed by atoms with van der Waals surface area (Å²) >= 11 is 5.95. The number of allylic oxidation sites excluding steroid dienone is 2. The van der Waals surface area contributed by atoms with Gasteiger partial charge in [-0.15, -0.1) is 0 Å². The third-order valence-corrected chi connectivity index (χ3v) is 4.63. The van der Waals surface area contributed by atoms with Crippen LogP contribution >= 0.6 is 11.6 Å². The lowest BCUT2D eigenvalue weighted by atomic mass is 9.87. The minimum atomic E-state index is -0.883. The molecule has 1 unspecified atom stereocenters. The molecule has 0 aliphatic carbocycles. The minimum absolute atomic E-state index is 0.00685. The Kier molecular flexibility index (Phi) is 6.33. The van der Waals surface area contributed by atoms with Crippen LogP contribution in [0.3, 0.4) is 0 Å². The highest BCUT2D eigenvalue weighted by molar-refractivity contribution is 6.32. The number of benzene rings is 1. The molecule has 1 aliphatic rings. The van der Waals surface area contributed by atoms with E-state index in [2.05, 4.69) is 0 Å². The Morgan fingerprint density at radius 1 is 1.37 bits per heavy atom. The van der Waals surface area contributed by atoms with Gasteiger partial charge < -0.3 is 24.4 Å². The summed E-state index contributed by atoms with van der Waals surface area (Å²) in [5, 5.41) is 9.69. The van der Waals surface area contributed by atoms with Gasteiger partial charge in [-0.05, 0) is 44.2 Å². The van der Waals surface area contributed by atoms with Crippen LogP contribution in [0.1, 0.15) is 31.3 Å². The minimum Gasteiger partial charge on any atom is -0.484 e. The van der Waals surface area contributed by atoms with Gasteiger partial charge in [-0.1, -0.05) is 11.6 Å². The Bertz CT molecular complexity index is 1080. The number of furan rings is 1. The number of halogens is 2. The third kappa shape index (κ3) is 4.26. The molecule has 0 fully saturated rings. The number of hydrogen-bond acceptors (Lipinski definition) is 7. The lowest BCUT2D eigenvalue weighted by molar-refractivity contribution is -0.139. The van der Waals surface area contributed by atoms with Gasteiger partial charge in [0.1, 0.15) is 47.1 Å². The molecule has 0 spiro atoms. The number of nitrogens with zero attached hydrogens (tertiary/aromatic N) is 1. The first-order valence-electron chi connectivity index (χ1n) is 8.97. The number of esters is 1. The number of nitriles is 1. The smallest absolute Gasteiger partial charge is 0.338 e. The van der Waals surface area contributed by atoms with Gasteiger partial charge in [0, 0.05) is 0 Å². The number of hydrogen-bond donors (Lipinski definition) is 1. The molecule has 1 aliphatic heterocycles. The lowest BCUT2D eigenvalue weighted by Crippen LogP contribution is -2.25. The maximum Gasteiger partial charge on any atom is 0.338 e. The molecule has 0 saturated heterocycles. The maximum atomic E-state index is 13.2. The predicted molar refractivity (Wildman–Crippen MR) is 104 cm³/mol. The van der Waals surface area contributed by atoms with Crippen molar-refractivity contribution in [3.63, 3.8) is 0 Å². The zero-order valence-corrected chi connectivity index (χ0v) is 17.0. The quantitative estimate of drug-likeness (QED) is 0.678. The second-order valence-corrected chi connectivity index (χ2v) is 6.69. The van der Waals surface area contributed by atoms with E-state index < -0.39 is 17.7 Å². The lowest BCUT2D eigenvalue weighted by Gasteiger charge is -2.25. The monoisotopic (exact) mass is 432 g/mol. The molecule has 1 aromatic carbocycles. The summed E-state index contributed by atoms with van der Waals surface area (Å²) in [5.74, 6) is -0.903. The highest BCUT2D eigenvalue weighted by atomic mass is 35.5. The summed E-state index contributed by atoms with van der Waals surface area (Å²) in [6.07, 6.45) is 0. The van der Waals surface area contributed by atoms with Gasteiger partial charge >= 0.3 is 5.97 Å². The number of ether oxygens (including phenoxy) is 3. The maximum absolute atomic E-state index is 13.2. The van der Waals surface area contributed by atoms with Crippen LogP contribution in [0.15, 0.2) is 57.5 Å². The third-order valence-electron chi connectivity index (χ3n) is 4.33. The molecule has 2 heterocycles. The van der Waals surface area contributed by atoms with Crippen LogP contribution in [0.25, 0.3) is 0 Å². The van der Waals surface area contributed by atoms with Crippen molar-refractivity contribution >= 4 is 17.6 Å². The van der Waals surface area contributed by atoms with E-state index >= 15 is 0 Å². The van der Waals surface area contributed by atoms with E-state index in [-0.39, 0.29) is 46.8 Å². The first-order chi connectivity index (χ1) is 14.3. The summed E-state index contributed by atoms with van der Waals surface area (Å²) in [6, 6.07) is 8.98. The standard InChI is InChI=1S/C21H18ClFN2O5/c1-3-27-21(26)18-11(2)29-20(25)14(9-24)19(18)17-7-5-13(30-17)10-28-16-6-4-12(23)8-15(16)22/h4-8,19H,3,10,25H2,1-2H3. The second kappa shape index (κ2) is 8.93. The van der Waals surface area contributed by atoms with Gasteiger partial charge in [-0.25, -0.2) is 9.18 Å². The van der Waals surface area contributed by atoms with E-state index in [4.69, 9.17) is 36.0 Å². The number of nitrogens with two attached hydrogens (primary N) is 1. The fourth-order valence-corrected chi connectivity index (χ4v) is 3.23. The number of rotatable bonds is 6. The topological polar surface area (TPSA) is 108 Å².